The second-order valence-electron chi connectivity index (χ2n) is 4.03. The number of rotatable bonds is 5. The van der Waals surface area contributed by atoms with Crippen LogP contribution >= 0.6 is 15.9 Å². The van der Waals surface area contributed by atoms with Gasteiger partial charge in [0.2, 0.25) is 0 Å². The van der Waals surface area contributed by atoms with Gasteiger partial charge in [0.05, 0.1) is 0 Å². The summed E-state index contributed by atoms with van der Waals surface area (Å²) in [5, 5.41) is 2.89. The molecule has 2 atom stereocenters. The minimum atomic E-state index is -0.481. The maximum Gasteiger partial charge on any atom is 0.260 e. The topological polar surface area (TPSA) is 38.3 Å². The highest BCUT2D eigenvalue weighted by Gasteiger charge is 2.15. The van der Waals surface area contributed by atoms with E-state index in [9.17, 15) is 4.79 Å². The summed E-state index contributed by atoms with van der Waals surface area (Å²) in [6, 6.07) is 7.61. The van der Waals surface area contributed by atoms with E-state index in [1.165, 1.54) is 0 Å². The van der Waals surface area contributed by atoms with E-state index in [2.05, 4.69) is 21.2 Å². The Bertz CT molecular complexity index is 364. The van der Waals surface area contributed by atoms with Crippen LogP contribution in [0.25, 0.3) is 0 Å². The van der Waals surface area contributed by atoms with Gasteiger partial charge in [-0.15, -0.1) is 0 Å². The summed E-state index contributed by atoms with van der Waals surface area (Å²) < 4.78 is 6.53. The fourth-order valence-electron chi connectivity index (χ4n) is 1.23. The molecule has 17 heavy (non-hydrogen) atoms. The highest BCUT2D eigenvalue weighted by atomic mass is 79.9. The van der Waals surface area contributed by atoms with E-state index in [1.807, 2.05) is 38.1 Å². The molecule has 0 aromatic heterocycles. The first kappa shape index (κ1) is 14.0. The molecule has 0 spiro atoms. The average Bonchev–Trinajstić information content (AvgIpc) is 2.31. The Hall–Kier alpha value is -1.03. The Balaban J connectivity index is 2.51. The van der Waals surface area contributed by atoms with E-state index >= 15 is 0 Å². The molecule has 4 heteroatoms. The number of ether oxygens (including phenoxy) is 1. The van der Waals surface area contributed by atoms with Crippen LogP contribution in [0.4, 0.5) is 0 Å². The second-order valence-corrected chi connectivity index (χ2v) is 4.95. The third-order valence-corrected chi connectivity index (χ3v) is 3.03. The lowest BCUT2D eigenvalue weighted by molar-refractivity contribution is -0.127. The molecule has 1 aromatic carbocycles. The van der Waals surface area contributed by atoms with Crippen molar-refractivity contribution < 1.29 is 9.53 Å². The molecular formula is C13H18BrNO2. The number of amides is 1. The maximum atomic E-state index is 11.7. The number of carbonyl (C=O) groups excluding carboxylic acids is 1. The third kappa shape index (κ3) is 4.77. The van der Waals surface area contributed by atoms with Crippen LogP contribution in [-0.2, 0) is 4.79 Å². The molecular weight excluding hydrogens is 282 g/mol. The maximum absolute atomic E-state index is 11.7. The first-order valence-corrected chi connectivity index (χ1v) is 6.54. The molecule has 0 radical (unpaired) electrons. The molecule has 0 aliphatic heterocycles. The van der Waals surface area contributed by atoms with Crippen LogP contribution in [0, 0.1) is 0 Å². The highest BCUT2D eigenvalue weighted by Crippen LogP contribution is 2.17. The van der Waals surface area contributed by atoms with E-state index in [1.54, 1.807) is 6.92 Å². The van der Waals surface area contributed by atoms with E-state index < -0.39 is 6.10 Å². The van der Waals surface area contributed by atoms with Crippen LogP contribution in [0.3, 0.4) is 0 Å². The molecule has 0 unspecified atom stereocenters. The number of hydrogen-bond donors (Lipinski definition) is 1. The Kier molecular flexibility index (Phi) is 5.48. The standard InChI is InChI=1S/C13H18BrNO2/c1-4-9(2)15-13(16)10(3)17-12-7-5-11(14)6-8-12/h5-10H,4H2,1-3H3,(H,15,16)/t9-,10-/m1/s1. The van der Waals surface area contributed by atoms with E-state index in [-0.39, 0.29) is 11.9 Å². The molecule has 1 amide bonds. The Morgan fingerprint density at radius 1 is 1.35 bits per heavy atom. The van der Waals surface area contributed by atoms with E-state index in [0.29, 0.717) is 5.75 Å². The summed E-state index contributed by atoms with van der Waals surface area (Å²) in [5.74, 6) is 0.613. The van der Waals surface area contributed by atoms with Crippen molar-refractivity contribution in [2.75, 3.05) is 0 Å². The van der Waals surface area contributed by atoms with Crippen molar-refractivity contribution in [2.24, 2.45) is 0 Å². The van der Waals surface area contributed by atoms with Crippen LogP contribution in [0.5, 0.6) is 5.75 Å². The lowest BCUT2D eigenvalue weighted by atomic mass is 10.2. The van der Waals surface area contributed by atoms with Gasteiger partial charge < -0.3 is 10.1 Å². The Morgan fingerprint density at radius 3 is 2.47 bits per heavy atom. The highest BCUT2D eigenvalue weighted by molar-refractivity contribution is 9.10. The fourth-order valence-corrected chi connectivity index (χ4v) is 1.50. The molecule has 0 heterocycles. The largest absolute Gasteiger partial charge is 0.481 e. The molecule has 0 saturated carbocycles. The monoisotopic (exact) mass is 299 g/mol. The predicted octanol–water partition coefficient (Wildman–Crippen LogP) is 3.13. The molecule has 0 aliphatic rings. The Morgan fingerprint density at radius 2 is 1.94 bits per heavy atom. The van der Waals surface area contributed by atoms with Crippen molar-refractivity contribution in [3.05, 3.63) is 28.7 Å². The summed E-state index contributed by atoms with van der Waals surface area (Å²) in [4.78, 5) is 11.7. The van der Waals surface area contributed by atoms with Crippen LogP contribution in [-0.4, -0.2) is 18.1 Å². The molecule has 94 valence electrons. The zero-order valence-corrected chi connectivity index (χ0v) is 12.0. The van der Waals surface area contributed by atoms with Gasteiger partial charge in [0.25, 0.3) is 5.91 Å². The SMILES string of the molecule is CC[C@@H](C)NC(=O)[C@@H](C)Oc1ccc(Br)cc1. The van der Waals surface area contributed by atoms with E-state index in [0.717, 1.165) is 10.9 Å². The quantitative estimate of drug-likeness (QED) is 0.907. The fraction of sp³-hybridized carbons (Fsp3) is 0.462. The molecule has 0 saturated heterocycles. The van der Waals surface area contributed by atoms with Gasteiger partial charge in [-0.25, -0.2) is 0 Å². The molecule has 0 aliphatic carbocycles. The minimum Gasteiger partial charge on any atom is -0.481 e. The van der Waals surface area contributed by atoms with Crippen molar-refractivity contribution in [3.8, 4) is 5.75 Å². The lowest BCUT2D eigenvalue weighted by Crippen LogP contribution is -2.40. The van der Waals surface area contributed by atoms with E-state index in [4.69, 9.17) is 4.74 Å². The second kappa shape index (κ2) is 6.64. The van der Waals surface area contributed by atoms with Gasteiger partial charge in [0.1, 0.15) is 5.75 Å². The summed E-state index contributed by atoms with van der Waals surface area (Å²) in [7, 11) is 0. The summed E-state index contributed by atoms with van der Waals surface area (Å²) >= 11 is 3.35. The van der Waals surface area contributed by atoms with Gasteiger partial charge in [-0.05, 0) is 44.5 Å². The van der Waals surface area contributed by atoms with Gasteiger partial charge >= 0.3 is 0 Å². The first-order valence-electron chi connectivity index (χ1n) is 5.75. The minimum absolute atomic E-state index is 0.0812. The van der Waals surface area contributed by atoms with Crippen molar-refractivity contribution in [2.45, 2.75) is 39.3 Å². The lowest BCUT2D eigenvalue weighted by Gasteiger charge is -2.17. The number of benzene rings is 1. The molecule has 3 nitrogen and oxygen atoms in total. The third-order valence-electron chi connectivity index (χ3n) is 2.50. The molecule has 1 aromatic rings. The predicted molar refractivity (Wildman–Crippen MR) is 72.1 cm³/mol. The first-order chi connectivity index (χ1) is 8.02. The van der Waals surface area contributed by atoms with Gasteiger partial charge in [-0.3, -0.25) is 4.79 Å². The zero-order chi connectivity index (χ0) is 12.8. The van der Waals surface area contributed by atoms with Crippen molar-refractivity contribution >= 4 is 21.8 Å². The Labute approximate surface area is 111 Å². The molecule has 1 rings (SSSR count). The number of nitrogens with one attached hydrogen (secondary N) is 1. The number of carbonyl (C=O) groups is 1. The molecule has 0 bridgehead atoms. The molecule has 0 fully saturated rings. The summed E-state index contributed by atoms with van der Waals surface area (Å²) in [6.07, 6.45) is 0.432. The van der Waals surface area contributed by atoms with Crippen molar-refractivity contribution in [1.29, 1.82) is 0 Å². The van der Waals surface area contributed by atoms with Crippen molar-refractivity contribution in [3.63, 3.8) is 0 Å². The summed E-state index contributed by atoms with van der Waals surface area (Å²) in [6.45, 7) is 5.76. The van der Waals surface area contributed by atoms with Gasteiger partial charge in [0, 0.05) is 10.5 Å². The van der Waals surface area contributed by atoms with Crippen LogP contribution < -0.4 is 10.1 Å². The van der Waals surface area contributed by atoms with Gasteiger partial charge in [0.15, 0.2) is 6.10 Å². The summed E-state index contributed by atoms with van der Waals surface area (Å²) in [5.41, 5.74) is 0. The van der Waals surface area contributed by atoms with Crippen molar-refractivity contribution in [1.82, 2.24) is 5.32 Å². The zero-order valence-electron chi connectivity index (χ0n) is 10.4. The molecule has 1 N–H and O–H groups in total. The van der Waals surface area contributed by atoms with Crippen LogP contribution in [0.1, 0.15) is 27.2 Å². The smallest absolute Gasteiger partial charge is 0.260 e. The number of hydrogen-bond acceptors (Lipinski definition) is 2. The number of halogens is 1. The average molecular weight is 300 g/mol. The van der Waals surface area contributed by atoms with Gasteiger partial charge in [-0.2, -0.15) is 0 Å². The van der Waals surface area contributed by atoms with Gasteiger partial charge in [-0.1, -0.05) is 22.9 Å². The van der Waals surface area contributed by atoms with Crippen LogP contribution in [0.15, 0.2) is 28.7 Å². The van der Waals surface area contributed by atoms with Crippen LogP contribution in [0.2, 0.25) is 0 Å². The normalized spacial score (nSPS) is 13.9.